The zero-order valence-electron chi connectivity index (χ0n) is 12.4. The zero-order valence-corrected chi connectivity index (χ0v) is 12.4. The predicted octanol–water partition coefficient (Wildman–Crippen LogP) is 1.75. The molecule has 19 heavy (non-hydrogen) atoms. The molecule has 0 aromatic carbocycles. The summed E-state index contributed by atoms with van der Waals surface area (Å²) in [5, 5.41) is 0. The molecule has 2 fully saturated rings. The lowest BCUT2D eigenvalue weighted by atomic mass is 9.94. The molecule has 4 heteroatoms. The van der Waals surface area contributed by atoms with Gasteiger partial charge in [-0.05, 0) is 38.6 Å². The highest BCUT2D eigenvalue weighted by molar-refractivity contribution is 5.81. The Kier molecular flexibility index (Phi) is 5.64. The van der Waals surface area contributed by atoms with Gasteiger partial charge in [0.15, 0.2) is 0 Å². The number of unbranched alkanes of at least 4 members (excludes halogenated alkanes) is 1. The topological polar surface area (TPSA) is 32.8 Å². The highest BCUT2D eigenvalue weighted by Gasteiger charge is 2.28. The Morgan fingerprint density at radius 2 is 1.95 bits per heavy atom. The van der Waals surface area contributed by atoms with Crippen molar-refractivity contribution in [3.05, 3.63) is 0 Å². The third-order valence-electron chi connectivity index (χ3n) is 4.65. The fourth-order valence-electron chi connectivity index (χ4n) is 3.15. The molecule has 2 saturated heterocycles. The molecule has 2 aliphatic rings. The van der Waals surface area contributed by atoms with Crippen molar-refractivity contribution in [3.63, 3.8) is 0 Å². The molecule has 0 saturated carbocycles. The van der Waals surface area contributed by atoms with Gasteiger partial charge in [-0.25, -0.2) is 0 Å². The predicted molar refractivity (Wildman–Crippen MR) is 76.1 cm³/mol. The van der Waals surface area contributed by atoms with Crippen LogP contribution in [0.15, 0.2) is 0 Å². The Morgan fingerprint density at radius 3 is 2.68 bits per heavy atom. The van der Waals surface area contributed by atoms with Crippen molar-refractivity contribution in [1.29, 1.82) is 0 Å². The normalized spacial score (nSPS) is 26.9. The van der Waals surface area contributed by atoms with E-state index in [0.29, 0.717) is 0 Å². The Hall–Kier alpha value is -0.610. The summed E-state index contributed by atoms with van der Waals surface area (Å²) < 4.78 is 5.39. The molecule has 0 radical (unpaired) electrons. The SMILES string of the molecule is CC1C(=O)N(C)CCN1CCCCC1CCOCC1. The fourth-order valence-corrected chi connectivity index (χ4v) is 3.15. The highest BCUT2D eigenvalue weighted by atomic mass is 16.5. The number of nitrogens with zero attached hydrogens (tertiary/aromatic N) is 2. The maximum atomic E-state index is 11.9. The molecule has 0 aromatic rings. The lowest BCUT2D eigenvalue weighted by molar-refractivity contribution is -0.139. The van der Waals surface area contributed by atoms with E-state index in [1.54, 1.807) is 0 Å². The summed E-state index contributed by atoms with van der Waals surface area (Å²) in [4.78, 5) is 16.1. The summed E-state index contributed by atoms with van der Waals surface area (Å²) in [5.74, 6) is 1.15. The van der Waals surface area contributed by atoms with E-state index in [1.165, 1.54) is 32.1 Å². The van der Waals surface area contributed by atoms with E-state index >= 15 is 0 Å². The summed E-state index contributed by atoms with van der Waals surface area (Å²) in [5.41, 5.74) is 0. The second-order valence-corrected chi connectivity index (χ2v) is 6.02. The molecular weight excluding hydrogens is 240 g/mol. The molecule has 1 atom stereocenters. The van der Waals surface area contributed by atoms with Crippen LogP contribution in [-0.2, 0) is 9.53 Å². The fraction of sp³-hybridized carbons (Fsp3) is 0.933. The molecule has 0 spiro atoms. The minimum absolute atomic E-state index is 0.0711. The second kappa shape index (κ2) is 7.25. The number of carbonyl (C=O) groups excluding carboxylic acids is 1. The summed E-state index contributed by atoms with van der Waals surface area (Å²) in [6.07, 6.45) is 6.32. The average molecular weight is 268 g/mol. The Morgan fingerprint density at radius 1 is 1.21 bits per heavy atom. The Balaban J connectivity index is 1.61. The van der Waals surface area contributed by atoms with Crippen molar-refractivity contribution < 1.29 is 9.53 Å². The van der Waals surface area contributed by atoms with Crippen LogP contribution in [0.3, 0.4) is 0 Å². The van der Waals surface area contributed by atoms with Gasteiger partial charge in [-0.2, -0.15) is 0 Å². The summed E-state index contributed by atoms with van der Waals surface area (Å²) in [7, 11) is 1.90. The summed E-state index contributed by atoms with van der Waals surface area (Å²) >= 11 is 0. The number of piperazine rings is 1. The van der Waals surface area contributed by atoms with Crippen molar-refractivity contribution in [3.8, 4) is 0 Å². The average Bonchev–Trinajstić information content (AvgIpc) is 2.44. The molecule has 1 unspecified atom stereocenters. The first kappa shape index (κ1) is 14.8. The van der Waals surface area contributed by atoms with Gasteiger partial charge < -0.3 is 9.64 Å². The van der Waals surface area contributed by atoms with Crippen LogP contribution in [0, 0.1) is 5.92 Å². The van der Waals surface area contributed by atoms with Crippen LogP contribution in [0.2, 0.25) is 0 Å². The van der Waals surface area contributed by atoms with Crippen molar-refractivity contribution in [1.82, 2.24) is 9.80 Å². The van der Waals surface area contributed by atoms with Crippen LogP contribution in [0.25, 0.3) is 0 Å². The molecule has 2 rings (SSSR count). The van der Waals surface area contributed by atoms with Crippen LogP contribution >= 0.6 is 0 Å². The molecule has 0 aliphatic carbocycles. The van der Waals surface area contributed by atoms with Crippen LogP contribution in [0.5, 0.6) is 0 Å². The van der Waals surface area contributed by atoms with Crippen LogP contribution in [0.1, 0.15) is 39.0 Å². The highest BCUT2D eigenvalue weighted by Crippen LogP contribution is 2.21. The van der Waals surface area contributed by atoms with E-state index in [4.69, 9.17) is 4.74 Å². The van der Waals surface area contributed by atoms with Gasteiger partial charge in [-0.3, -0.25) is 9.69 Å². The first-order chi connectivity index (χ1) is 9.18. The van der Waals surface area contributed by atoms with Crippen molar-refractivity contribution >= 4 is 5.91 Å². The molecule has 0 bridgehead atoms. The number of likely N-dealkylation sites (N-methyl/N-ethyl adjacent to an activating group) is 1. The van der Waals surface area contributed by atoms with Crippen LogP contribution < -0.4 is 0 Å². The number of amides is 1. The summed E-state index contributed by atoms with van der Waals surface area (Å²) in [6.45, 7) is 6.92. The van der Waals surface area contributed by atoms with Gasteiger partial charge in [0.2, 0.25) is 5.91 Å². The third-order valence-corrected chi connectivity index (χ3v) is 4.65. The van der Waals surface area contributed by atoms with Gasteiger partial charge in [0, 0.05) is 33.4 Å². The largest absolute Gasteiger partial charge is 0.381 e. The van der Waals surface area contributed by atoms with Crippen molar-refractivity contribution in [2.75, 3.05) is 39.9 Å². The minimum atomic E-state index is 0.0711. The third kappa shape index (κ3) is 4.18. The lowest BCUT2D eigenvalue weighted by Gasteiger charge is -2.37. The smallest absolute Gasteiger partial charge is 0.239 e. The number of rotatable bonds is 5. The van der Waals surface area contributed by atoms with Crippen molar-refractivity contribution in [2.24, 2.45) is 5.92 Å². The number of hydrogen-bond acceptors (Lipinski definition) is 3. The first-order valence-electron chi connectivity index (χ1n) is 7.75. The lowest BCUT2D eigenvalue weighted by Crippen LogP contribution is -2.54. The van der Waals surface area contributed by atoms with E-state index in [-0.39, 0.29) is 11.9 Å². The second-order valence-electron chi connectivity index (χ2n) is 6.02. The molecule has 0 N–H and O–H groups in total. The Labute approximate surface area is 117 Å². The van der Waals surface area contributed by atoms with Gasteiger partial charge in [-0.1, -0.05) is 12.8 Å². The van der Waals surface area contributed by atoms with Crippen LogP contribution in [0.4, 0.5) is 0 Å². The summed E-state index contributed by atoms with van der Waals surface area (Å²) in [6, 6.07) is 0.0711. The zero-order chi connectivity index (χ0) is 13.7. The first-order valence-corrected chi connectivity index (χ1v) is 7.75. The van der Waals surface area contributed by atoms with E-state index in [0.717, 1.165) is 38.8 Å². The molecule has 0 aromatic heterocycles. The molecule has 2 aliphatic heterocycles. The Bertz CT molecular complexity index is 290. The molecule has 110 valence electrons. The standard InChI is InChI=1S/C15H28N2O2/c1-13-15(18)16(2)9-10-17(13)8-4-3-5-14-6-11-19-12-7-14/h13-14H,3-12H2,1-2H3. The molecular formula is C15H28N2O2. The van der Waals surface area contributed by atoms with Crippen molar-refractivity contribution in [2.45, 2.75) is 45.1 Å². The number of hydrogen-bond donors (Lipinski definition) is 0. The van der Waals surface area contributed by atoms with E-state index < -0.39 is 0 Å². The molecule has 2 heterocycles. The van der Waals surface area contributed by atoms with Gasteiger partial charge in [0.25, 0.3) is 0 Å². The van der Waals surface area contributed by atoms with E-state index in [9.17, 15) is 4.79 Å². The van der Waals surface area contributed by atoms with Crippen LogP contribution in [-0.4, -0.2) is 61.6 Å². The van der Waals surface area contributed by atoms with Gasteiger partial charge in [0.05, 0.1) is 6.04 Å². The van der Waals surface area contributed by atoms with Gasteiger partial charge in [0.1, 0.15) is 0 Å². The number of ether oxygens (including phenoxy) is 1. The molecule has 1 amide bonds. The maximum Gasteiger partial charge on any atom is 0.239 e. The van der Waals surface area contributed by atoms with E-state index in [2.05, 4.69) is 4.90 Å². The molecule has 4 nitrogen and oxygen atoms in total. The van der Waals surface area contributed by atoms with Gasteiger partial charge in [-0.15, -0.1) is 0 Å². The minimum Gasteiger partial charge on any atom is -0.381 e. The monoisotopic (exact) mass is 268 g/mol. The van der Waals surface area contributed by atoms with Gasteiger partial charge >= 0.3 is 0 Å². The van der Waals surface area contributed by atoms with E-state index in [1.807, 2.05) is 18.9 Å². The number of carbonyl (C=O) groups is 1. The quantitative estimate of drug-likeness (QED) is 0.712. The maximum absolute atomic E-state index is 11.9.